The number of hydrogen-bond acceptors (Lipinski definition) is 8. The van der Waals surface area contributed by atoms with Crippen LogP contribution in [0.4, 0.5) is 17.3 Å². The first kappa shape index (κ1) is 28.5. The van der Waals surface area contributed by atoms with Gasteiger partial charge >= 0.3 is 0 Å². The molecule has 2 heterocycles. The van der Waals surface area contributed by atoms with Crippen molar-refractivity contribution in [3.05, 3.63) is 86.7 Å². The Morgan fingerprint density at radius 3 is 2.44 bits per heavy atom. The summed E-state index contributed by atoms with van der Waals surface area (Å²) >= 11 is 0. The van der Waals surface area contributed by atoms with E-state index in [2.05, 4.69) is 20.7 Å². The number of nitrogens with two attached hydrogens (primary N) is 2. The second-order valence-electron chi connectivity index (χ2n) is 9.22. The molecule has 0 fully saturated rings. The fourth-order valence-corrected chi connectivity index (χ4v) is 4.45. The van der Waals surface area contributed by atoms with E-state index in [4.69, 9.17) is 11.5 Å². The Bertz CT molecular complexity index is 1720. The number of nitro groups is 1. The third-order valence-corrected chi connectivity index (χ3v) is 6.32. The molecule has 3 amide bonds. The van der Waals surface area contributed by atoms with Crippen molar-refractivity contribution in [2.75, 3.05) is 17.2 Å². The molecular weight excluding hydrogens is 530 g/mol. The molecule has 0 bridgehead atoms. The van der Waals surface area contributed by atoms with Crippen molar-refractivity contribution < 1.29 is 19.3 Å². The highest BCUT2D eigenvalue weighted by Gasteiger charge is 2.20. The Kier molecular flexibility index (Phi) is 8.12. The highest BCUT2D eigenvalue weighted by molar-refractivity contribution is 6.04. The average Bonchev–Trinajstić information content (AvgIpc) is 3.48. The van der Waals surface area contributed by atoms with Crippen LogP contribution < -0.4 is 22.1 Å². The fraction of sp³-hybridized carbons (Fsp3) is 0.222. The molecule has 0 unspecified atom stereocenters. The lowest BCUT2D eigenvalue weighted by Crippen LogP contribution is -2.20. The highest BCUT2D eigenvalue weighted by atomic mass is 16.6. The molecule has 14 heteroatoms. The minimum absolute atomic E-state index is 0.0337. The molecule has 41 heavy (non-hydrogen) atoms. The smallest absolute Gasteiger partial charge is 0.293 e. The van der Waals surface area contributed by atoms with Gasteiger partial charge in [0.05, 0.1) is 21.7 Å². The van der Waals surface area contributed by atoms with E-state index in [9.17, 15) is 24.5 Å². The van der Waals surface area contributed by atoms with Crippen LogP contribution in [0.3, 0.4) is 0 Å². The third kappa shape index (κ3) is 6.06. The molecule has 4 rings (SSSR count). The molecule has 0 atom stereocenters. The van der Waals surface area contributed by atoms with Gasteiger partial charge in [0.25, 0.3) is 11.6 Å². The first-order valence-electron chi connectivity index (χ1n) is 12.6. The summed E-state index contributed by atoms with van der Waals surface area (Å²) in [6.07, 6.45) is 3.56. The van der Waals surface area contributed by atoms with Crippen molar-refractivity contribution in [3.8, 4) is 0 Å². The molecule has 0 aliphatic carbocycles. The van der Waals surface area contributed by atoms with E-state index in [1.165, 1.54) is 12.1 Å². The summed E-state index contributed by atoms with van der Waals surface area (Å²) < 4.78 is 3.38. The molecule has 0 aliphatic rings. The first-order chi connectivity index (χ1) is 19.5. The molecule has 6 N–H and O–H groups in total. The van der Waals surface area contributed by atoms with E-state index < -0.39 is 22.6 Å². The van der Waals surface area contributed by atoms with Crippen LogP contribution in [0.25, 0.3) is 11.0 Å². The zero-order valence-electron chi connectivity index (χ0n) is 22.7. The van der Waals surface area contributed by atoms with Crippen molar-refractivity contribution in [3.63, 3.8) is 0 Å². The van der Waals surface area contributed by atoms with Gasteiger partial charge in [0, 0.05) is 36.8 Å². The second kappa shape index (κ2) is 11.7. The predicted molar refractivity (Wildman–Crippen MR) is 153 cm³/mol. The van der Waals surface area contributed by atoms with Crippen molar-refractivity contribution in [2.45, 2.75) is 33.9 Å². The van der Waals surface area contributed by atoms with Crippen LogP contribution in [-0.4, -0.2) is 48.5 Å². The maximum absolute atomic E-state index is 13.2. The van der Waals surface area contributed by atoms with Crippen molar-refractivity contribution in [1.29, 1.82) is 0 Å². The molecule has 0 saturated carbocycles. The quantitative estimate of drug-likeness (QED) is 0.122. The number of benzene rings is 2. The third-order valence-electron chi connectivity index (χ3n) is 6.32. The van der Waals surface area contributed by atoms with Crippen LogP contribution in [0.1, 0.15) is 49.4 Å². The lowest BCUT2D eigenvalue weighted by atomic mass is 10.1. The van der Waals surface area contributed by atoms with Crippen LogP contribution in [-0.2, 0) is 13.1 Å². The number of carbonyl (C=O) groups is 3. The van der Waals surface area contributed by atoms with E-state index in [1.54, 1.807) is 46.5 Å². The Labute approximate surface area is 234 Å². The standard InChI is InChI=1S/C27H29N9O5/c1-4-35-22(12-16(3)33-35)26(39)32-27-31-20-13-18(25(29)38)11-15(2)23(20)34(27)10-6-5-9-30-19-8-7-17(24(28)37)14-21(19)36(40)41/h5-8,11-14,30H,4,9-10H2,1-3H3,(H2,28,37)(H2,29,38)(H,31,32,39)/b6-5+. The number of primary amides is 2. The van der Waals surface area contributed by atoms with Crippen LogP contribution >= 0.6 is 0 Å². The van der Waals surface area contributed by atoms with Crippen molar-refractivity contribution in [2.24, 2.45) is 11.5 Å². The Morgan fingerprint density at radius 2 is 1.78 bits per heavy atom. The van der Waals surface area contributed by atoms with Gasteiger partial charge in [-0.1, -0.05) is 12.2 Å². The maximum Gasteiger partial charge on any atom is 0.293 e. The van der Waals surface area contributed by atoms with Gasteiger partial charge in [0.15, 0.2) is 0 Å². The van der Waals surface area contributed by atoms with Gasteiger partial charge in [0.1, 0.15) is 11.4 Å². The van der Waals surface area contributed by atoms with Gasteiger partial charge in [-0.2, -0.15) is 5.10 Å². The molecule has 4 aromatic rings. The molecule has 212 valence electrons. The summed E-state index contributed by atoms with van der Waals surface area (Å²) in [4.78, 5) is 51.8. The minimum Gasteiger partial charge on any atom is -0.376 e. The number of nitrogens with zero attached hydrogens (tertiary/aromatic N) is 5. The van der Waals surface area contributed by atoms with E-state index >= 15 is 0 Å². The van der Waals surface area contributed by atoms with Gasteiger partial charge < -0.3 is 21.4 Å². The second-order valence-corrected chi connectivity index (χ2v) is 9.22. The Morgan fingerprint density at radius 1 is 1.05 bits per heavy atom. The van der Waals surface area contributed by atoms with Gasteiger partial charge in [0.2, 0.25) is 17.8 Å². The number of carbonyl (C=O) groups excluding carboxylic acids is 3. The number of amides is 3. The van der Waals surface area contributed by atoms with E-state index in [1.807, 2.05) is 13.8 Å². The molecule has 0 aliphatic heterocycles. The average molecular weight is 560 g/mol. The minimum atomic E-state index is -0.762. The fourth-order valence-electron chi connectivity index (χ4n) is 4.45. The van der Waals surface area contributed by atoms with Gasteiger partial charge in [-0.05, 0) is 56.7 Å². The predicted octanol–water partition coefficient (Wildman–Crippen LogP) is 2.90. The largest absolute Gasteiger partial charge is 0.376 e. The summed E-state index contributed by atoms with van der Waals surface area (Å²) in [5.41, 5.74) is 14.0. The van der Waals surface area contributed by atoms with Crippen LogP contribution in [0.15, 0.2) is 48.6 Å². The van der Waals surface area contributed by atoms with Crippen molar-refractivity contribution >= 4 is 46.1 Å². The number of nitro benzene ring substituents is 1. The number of fused-ring (bicyclic) bond motifs is 1. The van der Waals surface area contributed by atoms with Crippen molar-refractivity contribution in [1.82, 2.24) is 19.3 Å². The van der Waals surface area contributed by atoms with Gasteiger partial charge in [-0.3, -0.25) is 34.5 Å². The topological polar surface area (TPSA) is 206 Å². The number of rotatable bonds is 11. The lowest BCUT2D eigenvalue weighted by Gasteiger charge is -2.10. The van der Waals surface area contributed by atoms with E-state index in [0.29, 0.717) is 34.5 Å². The maximum atomic E-state index is 13.2. The number of aryl methyl sites for hydroxylation is 3. The Hall–Kier alpha value is -5.53. The first-order valence-corrected chi connectivity index (χ1v) is 12.6. The number of nitrogens with one attached hydrogen (secondary N) is 2. The number of aromatic nitrogens is 4. The van der Waals surface area contributed by atoms with Crippen LogP contribution in [0.2, 0.25) is 0 Å². The van der Waals surface area contributed by atoms with E-state index in [0.717, 1.165) is 11.6 Å². The molecule has 0 saturated heterocycles. The number of hydrogen-bond donors (Lipinski definition) is 4. The molecule has 2 aromatic carbocycles. The van der Waals surface area contributed by atoms with Crippen LogP contribution in [0.5, 0.6) is 0 Å². The number of anilines is 2. The summed E-state index contributed by atoms with van der Waals surface area (Å²) in [5, 5.41) is 21.6. The zero-order valence-corrected chi connectivity index (χ0v) is 22.7. The summed E-state index contributed by atoms with van der Waals surface area (Å²) in [6.45, 7) is 6.50. The Balaban J connectivity index is 1.61. The summed E-state index contributed by atoms with van der Waals surface area (Å²) in [7, 11) is 0. The highest BCUT2D eigenvalue weighted by Crippen LogP contribution is 2.27. The molecular formula is C27H29N9O5. The molecule has 0 spiro atoms. The zero-order chi connectivity index (χ0) is 29.8. The summed E-state index contributed by atoms with van der Waals surface area (Å²) in [5.74, 6) is -1.50. The lowest BCUT2D eigenvalue weighted by molar-refractivity contribution is -0.384. The number of allylic oxidation sites excluding steroid dienone is 1. The monoisotopic (exact) mass is 559 g/mol. The molecule has 2 aromatic heterocycles. The summed E-state index contributed by atoms with van der Waals surface area (Å²) in [6, 6.07) is 8.86. The SMILES string of the molecule is CCn1nc(C)cc1C(=O)Nc1nc2cc(C(N)=O)cc(C)c2n1C/C=C/CNc1ccc(C(N)=O)cc1[N+](=O)[O-]. The van der Waals surface area contributed by atoms with Crippen LogP contribution in [0, 0.1) is 24.0 Å². The molecule has 0 radical (unpaired) electrons. The number of imidazole rings is 1. The normalized spacial score (nSPS) is 11.2. The van der Waals surface area contributed by atoms with E-state index in [-0.39, 0.29) is 36.0 Å². The van der Waals surface area contributed by atoms with Gasteiger partial charge in [-0.15, -0.1) is 0 Å². The van der Waals surface area contributed by atoms with Gasteiger partial charge in [-0.25, -0.2) is 4.98 Å². The molecule has 14 nitrogen and oxygen atoms in total.